The summed E-state index contributed by atoms with van der Waals surface area (Å²) < 4.78 is 4.34. The number of piperidine rings is 1. The normalized spacial score (nSPS) is 18.1. The minimum atomic E-state index is 0.911. The minimum absolute atomic E-state index is 0.911. The summed E-state index contributed by atoms with van der Waals surface area (Å²) in [5.74, 6) is 1.89. The molecule has 1 aromatic heterocycles. The maximum absolute atomic E-state index is 4.47. The van der Waals surface area contributed by atoms with Crippen LogP contribution in [0.5, 0.6) is 0 Å². The van der Waals surface area contributed by atoms with E-state index in [9.17, 15) is 0 Å². The first kappa shape index (κ1) is 13.7. The molecule has 0 spiro atoms. The Morgan fingerprint density at radius 2 is 2.17 bits per heavy atom. The van der Waals surface area contributed by atoms with Gasteiger partial charge in [-0.3, -0.25) is 0 Å². The molecule has 1 aromatic rings. The Hall–Kier alpha value is -0.680. The second kappa shape index (κ2) is 7.04. The maximum Gasteiger partial charge on any atom is 0.202 e. The maximum atomic E-state index is 4.47. The summed E-state index contributed by atoms with van der Waals surface area (Å²) in [6, 6.07) is 0. The van der Waals surface area contributed by atoms with Crippen molar-refractivity contribution in [1.29, 1.82) is 0 Å². The number of hydrogen-bond donors (Lipinski definition) is 1. The number of aromatic nitrogens is 2. The van der Waals surface area contributed by atoms with Crippen molar-refractivity contribution in [3.8, 4) is 0 Å². The van der Waals surface area contributed by atoms with Crippen LogP contribution in [0.3, 0.4) is 0 Å². The summed E-state index contributed by atoms with van der Waals surface area (Å²) in [5, 5.41) is 4.36. The smallest absolute Gasteiger partial charge is 0.202 e. The number of rotatable bonds is 6. The van der Waals surface area contributed by atoms with E-state index in [2.05, 4.69) is 33.4 Å². The van der Waals surface area contributed by atoms with Crippen molar-refractivity contribution < 1.29 is 0 Å². The Kier molecular flexibility index (Phi) is 5.38. The second-order valence-electron chi connectivity index (χ2n) is 5.22. The van der Waals surface area contributed by atoms with Gasteiger partial charge < -0.3 is 10.2 Å². The minimum Gasteiger partial charge on any atom is -0.359 e. The quantitative estimate of drug-likeness (QED) is 0.861. The topological polar surface area (TPSA) is 41.1 Å². The van der Waals surface area contributed by atoms with Gasteiger partial charge in [-0.2, -0.15) is 4.37 Å². The zero-order valence-electron chi connectivity index (χ0n) is 11.5. The highest BCUT2D eigenvalue weighted by Gasteiger charge is 2.14. The fourth-order valence-corrected chi connectivity index (χ4v) is 2.89. The first-order valence-corrected chi connectivity index (χ1v) is 7.84. The number of nitrogens with zero attached hydrogens (tertiary/aromatic N) is 3. The first-order valence-electron chi connectivity index (χ1n) is 7.06. The zero-order chi connectivity index (χ0) is 12.8. The second-order valence-corrected chi connectivity index (χ2v) is 5.97. The Labute approximate surface area is 114 Å². The van der Waals surface area contributed by atoms with Crippen LogP contribution < -0.4 is 5.32 Å². The van der Waals surface area contributed by atoms with Crippen LogP contribution in [-0.2, 0) is 6.42 Å². The molecular formula is C13H24N4S. The summed E-state index contributed by atoms with van der Waals surface area (Å²) in [5.41, 5.74) is 0. The summed E-state index contributed by atoms with van der Waals surface area (Å²) in [6.45, 7) is 9.11. The van der Waals surface area contributed by atoms with Crippen LogP contribution >= 0.6 is 11.5 Å². The van der Waals surface area contributed by atoms with E-state index >= 15 is 0 Å². The van der Waals surface area contributed by atoms with Crippen molar-refractivity contribution in [2.24, 2.45) is 5.92 Å². The summed E-state index contributed by atoms with van der Waals surface area (Å²) in [7, 11) is 0. The van der Waals surface area contributed by atoms with E-state index in [1.807, 2.05) is 0 Å². The molecule has 1 N–H and O–H groups in total. The predicted octanol–water partition coefficient (Wildman–Crippen LogP) is 2.63. The number of hydrogen-bond acceptors (Lipinski definition) is 5. The number of nitrogens with one attached hydrogen (secondary N) is 1. The highest BCUT2D eigenvalue weighted by molar-refractivity contribution is 7.09. The van der Waals surface area contributed by atoms with E-state index in [1.165, 1.54) is 37.5 Å². The molecule has 102 valence electrons. The SMILES string of the molecule is CCCc1nsc(NCCN2CCC(C)CC2)n1. The van der Waals surface area contributed by atoms with Crippen molar-refractivity contribution in [3.05, 3.63) is 5.82 Å². The molecule has 1 aliphatic heterocycles. The van der Waals surface area contributed by atoms with Gasteiger partial charge in [-0.1, -0.05) is 13.8 Å². The van der Waals surface area contributed by atoms with Crippen LogP contribution in [0, 0.1) is 5.92 Å². The van der Waals surface area contributed by atoms with Gasteiger partial charge in [0.15, 0.2) is 0 Å². The molecular weight excluding hydrogens is 244 g/mol. The Balaban J connectivity index is 1.65. The van der Waals surface area contributed by atoms with E-state index in [-0.39, 0.29) is 0 Å². The molecule has 0 amide bonds. The predicted molar refractivity (Wildman–Crippen MR) is 77.2 cm³/mol. The van der Waals surface area contributed by atoms with Gasteiger partial charge in [-0.25, -0.2) is 4.98 Å². The van der Waals surface area contributed by atoms with Crippen molar-refractivity contribution in [2.45, 2.75) is 39.5 Å². The Morgan fingerprint density at radius 1 is 1.39 bits per heavy atom. The van der Waals surface area contributed by atoms with Gasteiger partial charge in [0.05, 0.1) is 0 Å². The van der Waals surface area contributed by atoms with E-state index < -0.39 is 0 Å². The van der Waals surface area contributed by atoms with Crippen LogP contribution in [-0.4, -0.2) is 40.4 Å². The van der Waals surface area contributed by atoms with E-state index in [4.69, 9.17) is 0 Å². The van der Waals surface area contributed by atoms with Gasteiger partial charge in [0.2, 0.25) is 5.13 Å². The van der Waals surface area contributed by atoms with Crippen LogP contribution in [0.1, 0.15) is 38.9 Å². The summed E-state index contributed by atoms with van der Waals surface area (Å²) >= 11 is 1.49. The lowest BCUT2D eigenvalue weighted by molar-refractivity contribution is 0.199. The van der Waals surface area contributed by atoms with Crippen LogP contribution in [0.25, 0.3) is 0 Å². The number of likely N-dealkylation sites (tertiary alicyclic amines) is 1. The molecule has 0 radical (unpaired) electrons. The van der Waals surface area contributed by atoms with Crippen molar-refractivity contribution in [2.75, 3.05) is 31.5 Å². The first-order chi connectivity index (χ1) is 8.78. The van der Waals surface area contributed by atoms with Crippen LogP contribution in [0.4, 0.5) is 5.13 Å². The highest BCUT2D eigenvalue weighted by Crippen LogP contribution is 2.16. The van der Waals surface area contributed by atoms with Crippen LogP contribution in [0.15, 0.2) is 0 Å². The lowest BCUT2D eigenvalue weighted by Gasteiger charge is -2.29. The molecule has 2 heterocycles. The van der Waals surface area contributed by atoms with Gasteiger partial charge in [-0.05, 0) is 38.3 Å². The van der Waals surface area contributed by atoms with E-state index in [0.717, 1.165) is 42.8 Å². The molecule has 0 aromatic carbocycles. The molecule has 0 aliphatic carbocycles. The van der Waals surface area contributed by atoms with E-state index in [0.29, 0.717) is 0 Å². The van der Waals surface area contributed by atoms with Gasteiger partial charge in [-0.15, -0.1) is 0 Å². The van der Waals surface area contributed by atoms with Crippen molar-refractivity contribution >= 4 is 16.7 Å². The monoisotopic (exact) mass is 268 g/mol. The lowest BCUT2D eigenvalue weighted by Crippen LogP contribution is -2.36. The number of aryl methyl sites for hydroxylation is 1. The van der Waals surface area contributed by atoms with Gasteiger partial charge in [0.1, 0.15) is 5.82 Å². The fraction of sp³-hybridized carbons (Fsp3) is 0.846. The third-order valence-electron chi connectivity index (χ3n) is 3.52. The molecule has 1 aliphatic rings. The van der Waals surface area contributed by atoms with Crippen LogP contribution in [0.2, 0.25) is 0 Å². The molecule has 0 atom stereocenters. The average molecular weight is 268 g/mol. The van der Waals surface area contributed by atoms with Crippen molar-refractivity contribution in [3.63, 3.8) is 0 Å². The zero-order valence-corrected chi connectivity index (χ0v) is 12.3. The van der Waals surface area contributed by atoms with Crippen molar-refractivity contribution in [1.82, 2.24) is 14.3 Å². The van der Waals surface area contributed by atoms with Gasteiger partial charge in [0.25, 0.3) is 0 Å². The molecule has 2 rings (SSSR count). The Bertz CT molecular complexity index is 345. The van der Waals surface area contributed by atoms with Gasteiger partial charge in [0, 0.05) is 31.0 Å². The largest absolute Gasteiger partial charge is 0.359 e. The lowest BCUT2D eigenvalue weighted by atomic mass is 9.99. The highest BCUT2D eigenvalue weighted by atomic mass is 32.1. The molecule has 1 saturated heterocycles. The molecule has 5 heteroatoms. The fourth-order valence-electron chi connectivity index (χ4n) is 2.26. The molecule has 4 nitrogen and oxygen atoms in total. The van der Waals surface area contributed by atoms with E-state index in [1.54, 1.807) is 0 Å². The molecule has 0 bridgehead atoms. The standard InChI is InChI=1S/C13H24N4S/c1-3-4-12-15-13(18-16-12)14-7-10-17-8-5-11(2)6-9-17/h11H,3-10H2,1-2H3,(H,14,15,16). The molecule has 18 heavy (non-hydrogen) atoms. The van der Waals surface area contributed by atoms with Gasteiger partial charge >= 0.3 is 0 Å². The Morgan fingerprint density at radius 3 is 2.89 bits per heavy atom. The summed E-state index contributed by atoms with van der Waals surface area (Å²) in [6.07, 6.45) is 4.79. The molecule has 0 saturated carbocycles. The third kappa shape index (κ3) is 4.21. The average Bonchev–Trinajstić information content (AvgIpc) is 2.80. The number of anilines is 1. The molecule has 0 unspecified atom stereocenters. The molecule has 1 fully saturated rings. The third-order valence-corrected chi connectivity index (χ3v) is 4.23. The summed E-state index contributed by atoms with van der Waals surface area (Å²) in [4.78, 5) is 7.02.